The van der Waals surface area contributed by atoms with Crippen molar-refractivity contribution in [3.05, 3.63) is 23.1 Å². The third kappa shape index (κ3) is 2.86. The summed E-state index contributed by atoms with van der Waals surface area (Å²) < 4.78 is 6.11. The zero-order valence-electron chi connectivity index (χ0n) is 19.6. The molecule has 30 heavy (non-hydrogen) atoms. The Hall–Kier alpha value is -1.25. The highest BCUT2D eigenvalue weighted by atomic mass is 16.5. The van der Waals surface area contributed by atoms with Crippen molar-refractivity contribution in [1.29, 1.82) is 0 Å². The van der Waals surface area contributed by atoms with E-state index in [4.69, 9.17) is 4.74 Å². The molecule has 1 unspecified atom stereocenters. The molecule has 4 aliphatic carbocycles. The first-order valence-electron chi connectivity index (χ1n) is 12.7. The number of allylic oxidation sites excluding steroid dienone is 4. The topological polar surface area (TPSA) is 29.5 Å². The lowest BCUT2D eigenvalue weighted by Crippen LogP contribution is -2.53. The molecule has 166 valence electrons. The zero-order valence-corrected chi connectivity index (χ0v) is 19.6. The van der Waals surface area contributed by atoms with E-state index in [9.17, 15) is 4.79 Å². The molecular weight excluding hydrogens is 370 g/mol. The molecule has 0 aromatic heterocycles. The molecule has 0 spiro atoms. The predicted octanol–water partition coefficient (Wildman–Crippen LogP) is 6.11. The van der Waals surface area contributed by atoms with Crippen LogP contribution in [0.4, 0.5) is 0 Å². The standard InChI is InChI=1S/C27H41NO2/c1-5-18-15-19-16-20(29)9-11-26(19,2)21-10-12-27(3)22(24(18)21)17-23(30-4)25(27)28-13-7-6-8-14-28/h15,18,21-22,24H,5-14,16-17H2,1-4H3/t18?,21-,22+,24-,26+,27+/m1/s1. The number of ether oxygens (including phenoxy) is 1. The van der Waals surface area contributed by atoms with Crippen molar-refractivity contribution in [3.8, 4) is 0 Å². The largest absolute Gasteiger partial charge is 0.499 e. The highest BCUT2D eigenvalue weighted by molar-refractivity contribution is 5.82. The molecule has 1 aliphatic heterocycles. The molecular formula is C27H41NO2. The number of hydrogen-bond donors (Lipinski definition) is 0. The molecule has 0 bridgehead atoms. The minimum Gasteiger partial charge on any atom is -0.499 e. The van der Waals surface area contributed by atoms with Crippen molar-refractivity contribution in [1.82, 2.24) is 4.90 Å². The lowest BCUT2D eigenvalue weighted by molar-refractivity contribution is -0.122. The van der Waals surface area contributed by atoms with Gasteiger partial charge in [0.15, 0.2) is 0 Å². The Kier molecular flexibility index (Phi) is 5.10. The van der Waals surface area contributed by atoms with Gasteiger partial charge in [0.25, 0.3) is 0 Å². The molecule has 5 aliphatic rings. The van der Waals surface area contributed by atoms with Crippen LogP contribution >= 0.6 is 0 Å². The Morgan fingerprint density at radius 2 is 1.87 bits per heavy atom. The van der Waals surface area contributed by atoms with Gasteiger partial charge in [-0.1, -0.05) is 32.4 Å². The predicted molar refractivity (Wildman–Crippen MR) is 121 cm³/mol. The highest BCUT2D eigenvalue weighted by Crippen LogP contribution is 2.67. The molecule has 5 rings (SSSR count). The van der Waals surface area contributed by atoms with E-state index < -0.39 is 0 Å². The summed E-state index contributed by atoms with van der Waals surface area (Å²) in [5, 5.41) is 0. The van der Waals surface area contributed by atoms with Gasteiger partial charge < -0.3 is 9.64 Å². The number of carbonyl (C=O) groups is 1. The second-order valence-electron chi connectivity index (χ2n) is 11.4. The minimum atomic E-state index is 0.243. The normalized spacial score (nSPS) is 43.7. The Labute approximate surface area is 183 Å². The molecule has 6 atom stereocenters. The average molecular weight is 412 g/mol. The van der Waals surface area contributed by atoms with Gasteiger partial charge in [0.05, 0.1) is 12.8 Å². The molecule has 3 nitrogen and oxygen atoms in total. The summed E-state index contributed by atoms with van der Waals surface area (Å²) in [5.41, 5.74) is 3.56. The molecule has 0 radical (unpaired) electrons. The summed E-state index contributed by atoms with van der Waals surface area (Å²) in [6.45, 7) is 9.85. The van der Waals surface area contributed by atoms with Gasteiger partial charge in [-0.05, 0) is 74.0 Å². The number of Topliss-reactive ketones (excluding diaryl/α,β-unsaturated/α-hetero) is 1. The van der Waals surface area contributed by atoms with E-state index in [1.54, 1.807) is 5.70 Å². The molecule has 0 N–H and O–H groups in total. The summed E-state index contributed by atoms with van der Waals surface area (Å²) >= 11 is 0. The summed E-state index contributed by atoms with van der Waals surface area (Å²) in [4.78, 5) is 15.0. The van der Waals surface area contributed by atoms with Gasteiger partial charge in [-0.2, -0.15) is 0 Å². The van der Waals surface area contributed by atoms with Crippen molar-refractivity contribution in [2.24, 2.45) is 34.5 Å². The van der Waals surface area contributed by atoms with E-state index >= 15 is 0 Å². The maximum atomic E-state index is 12.3. The number of piperidine rings is 1. The number of ketones is 1. The van der Waals surface area contributed by atoms with Crippen molar-refractivity contribution in [2.45, 2.75) is 85.0 Å². The van der Waals surface area contributed by atoms with Crippen LogP contribution in [0.1, 0.15) is 85.0 Å². The van der Waals surface area contributed by atoms with Crippen molar-refractivity contribution in [3.63, 3.8) is 0 Å². The van der Waals surface area contributed by atoms with Crippen LogP contribution in [-0.2, 0) is 9.53 Å². The second-order valence-corrected chi connectivity index (χ2v) is 11.4. The van der Waals surface area contributed by atoms with E-state index in [1.165, 1.54) is 62.9 Å². The van der Waals surface area contributed by atoms with E-state index in [-0.39, 0.29) is 10.8 Å². The molecule has 3 fully saturated rings. The first-order chi connectivity index (χ1) is 14.4. The summed E-state index contributed by atoms with van der Waals surface area (Å²) in [5.74, 6) is 4.51. The van der Waals surface area contributed by atoms with Gasteiger partial charge in [-0.25, -0.2) is 0 Å². The van der Waals surface area contributed by atoms with Gasteiger partial charge in [0.1, 0.15) is 11.5 Å². The second kappa shape index (κ2) is 7.41. The lowest BCUT2D eigenvalue weighted by atomic mass is 9.45. The van der Waals surface area contributed by atoms with Crippen LogP contribution in [0, 0.1) is 34.5 Å². The van der Waals surface area contributed by atoms with E-state index in [0.29, 0.717) is 17.6 Å². The van der Waals surface area contributed by atoms with E-state index in [2.05, 4.69) is 31.7 Å². The van der Waals surface area contributed by atoms with Crippen LogP contribution in [0.3, 0.4) is 0 Å². The SMILES string of the molecule is CCC1C=C2CC(=O)CC[C@]2(C)[C@@H]2CC[C@]3(C)C(N4CCCCC4)=C(OC)C[C@H]3[C@H]12. The fraction of sp³-hybridized carbons (Fsp3) is 0.815. The number of likely N-dealkylation sites (tertiary alicyclic amines) is 1. The Balaban J connectivity index is 1.53. The Morgan fingerprint density at radius 1 is 1.10 bits per heavy atom. The van der Waals surface area contributed by atoms with Crippen LogP contribution < -0.4 is 0 Å². The third-order valence-electron chi connectivity index (χ3n) is 10.1. The minimum absolute atomic E-state index is 0.243. The Bertz CT molecular complexity index is 776. The first-order valence-corrected chi connectivity index (χ1v) is 12.7. The molecule has 0 aromatic carbocycles. The monoisotopic (exact) mass is 411 g/mol. The fourth-order valence-corrected chi connectivity index (χ4v) is 8.48. The van der Waals surface area contributed by atoms with E-state index in [0.717, 1.165) is 37.5 Å². The van der Waals surface area contributed by atoms with E-state index in [1.807, 2.05) is 7.11 Å². The number of nitrogens with zero attached hydrogens (tertiary/aromatic N) is 1. The van der Waals surface area contributed by atoms with Crippen LogP contribution in [-0.4, -0.2) is 30.9 Å². The van der Waals surface area contributed by atoms with Crippen LogP contribution in [0.5, 0.6) is 0 Å². The van der Waals surface area contributed by atoms with Gasteiger partial charge in [-0.3, -0.25) is 4.79 Å². The van der Waals surface area contributed by atoms with Crippen molar-refractivity contribution < 1.29 is 9.53 Å². The summed E-state index contributed by atoms with van der Waals surface area (Å²) in [6.07, 6.45) is 14.1. The van der Waals surface area contributed by atoms with Crippen LogP contribution in [0.25, 0.3) is 0 Å². The maximum Gasteiger partial charge on any atom is 0.136 e. The average Bonchev–Trinajstić information content (AvgIpc) is 3.06. The number of methoxy groups -OCH3 is 1. The van der Waals surface area contributed by atoms with Crippen LogP contribution in [0.15, 0.2) is 23.1 Å². The summed E-state index contributed by atoms with van der Waals surface area (Å²) in [6, 6.07) is 0. The molecule has 0 amide bonds. The van der Waals surface area contributed by atoms with Gasteiger partial charge in [0, 0.05) is 37.8 Å². The van der Waals surface area contributed by atoms with Crippen molar-refractivity contribution >= 4 is 5.78 Å². The van der Waals surface area contributed by atoms with Crippen molar-refractivity contribution in [2.75, 3.05) is 20.2 Å². The lowest BCUT2D eigenvalue weighted by Gasteiger charge is -2.59. The molecule has 1 heterocycles. The molecule has 2 saturated carbocycles. The first kappa shape index (κ1) is 20.6. The molecule has 0 aromatic rings. The number of carbonyl (C=O) groups excluding carboxylic acids is 1. The number of rotatable bonds is 3. The third-order valence-corrected chi connectivity index (χ3v) is 10.1. The number of hydrogen-bond acceptors (Lipinski definition) is 3. The smallest absolute Gasteiger partial charge is 0.136 e. The molecule has 1 saturated heterocycles. The quantitative estimate of drug-likeness (QED) is 0.525. The Morgan fingerprint density at radius 3 is 2.57 bits per heavy atom. The molecule has 3 heteroatoms. The van der Waals surface area contributed by atoms with Gasteiger partial charge in [0.2, 0.25) is 0 Å². The zero-order chi connectivity index (χ0) is 21.1. The van der Waals surface area contributed by atoms with Crippen LogP contribution in [0.2, 0.25) is 0 Å². The highest BCUT2D eigenvalue weighted by Gasteiger charge is 2.61. The van der Waals surface area contributed by atoms with Gasteiger partial charge >= 0.3 is 0 Å². The maximum absolute atomic E-state index is 12.3. The fourth-order valence-electron chi connectivity index (χ4n) is 8.48. The number of fused-ring (bicyclic) bond motifs is 5. The van der Waals surface area contributed by atoms with Gasteiger partial charge in [-0.15, -0.1) is 0 Å². The summed E-state index contributed by atoms with van der Waals surface area (Å²) in [7, 11) is 1.90.